The number of hydrogen-bond acceptors (Lipinski definition) is 8. The van der Waals surface area contributed by atoms with Crippen molar-refractivity contribution in [1.82, 2.24) is 24.5 Å². The Labute approximate surface area is 253 Å². The van der Waals surface area contributed by atoms with Crippen LogP contribution in [-0.2, 0) is 24.2 Å². The molecule has 1 amide bonds. The summed E-state index contributed by atoms with van der Waals surface area (Å²) in [6.45, 7) is 4.85. The van der Waals surface area contributed by atoms with Crippen molar-refractivity contribution in [2.24, 2.45) is 0 Å². The van der Waals surface area contributed by atoms with E-state index in [-0.39, 0.29) is 45.2 Å². The maximum atomic E-state index is 13.9. The number of benzene rings is 2. The number of carbonyl (C=O) groups excluding carboxylic acids is 1. The Morgan fingerprint density at radius 1 is 1.19 bits per heavy atom. The van der Waals surface area contributed by atoms with Crippen LogP contribution in [0.5, 0.6) is 5.75 Å². The van der Waals surface area contributed by atoms with Crippen molar-refractivity contribution in [3.63, 3.8) is 0 Å². The quantitative estimate of drug-likeness (QED) is 0.289. The highest BCUT2D eigenvalue weighted by Gasteiger charge is 2.30. The lowest BCUT2D eigenvalue weighted by molar-refractivity contribution is -0.116. The third-order valence-corrected chi connectivity index (χ3v) is 8.33. The average Bonchev–Trinajstić information content (AvgIpc) is 3.63. The van der Waals surface area contributed by atoms with E-state index in [4.69, 9.17) is 21.3 Å². The first-order chi connectivity index (χ1) is 20.6. The van der Waals surface area contributed by atoms with Gasteiger partial charge in [-0.2, -0.15) is 22.7 Å². The summed E-state index contributed by atoms with van der Waals surface area (Å²) in [7, 11) is 0. The number of piperazine rings is 1. The third kappa shape index (κ3) is 6.04. The molecular weight excluding hydrogens is 607 g/mol. The second-order valence-electron chi connectivity index (χ2n) is 10.1. The van der Waals surface area contributed by atoms with E-state index in [9.17, 15) is 22.8 Å². The van der Waals surface area contributed by atoms with E-state index < -0.39 is 11.4 Å². The number of halogens is 4. The molecule has 2 aromatic heterocycles. The number of amides is 1. The van der Waals surface area contributed by atoms with Crippen molar-refractivity contribution in [2.75, 3.05) is 43.0 Å². The number of rotatable bonds is 7. The van der Waals surface area contributed by atoms with E-state index in [1.807, 2.05) is 30.0 Å². The summed E-state index contributed by atoms with van der Waals surface area (Å²) in [5.74, 6) is 0.845. The Kier molecular flexibility index (Phi) is 8.00. The zero-order valence-electron chi connectivity index (χ0n) is 23.0. The van der Waals surface area contributed by atoms with Gasteiger partial charge in [0.15, 0.2) is 5.82 Å². The van der Waals surface area contributed by atoms with Gasteiger partial charge in [0.25, 0.3) is 5.56 Å². The number of nitrogens with one attached hydrogen (secondary N) is 2. The molecule has 4 aromatic rings. The van der Waals surface area contributed by atoms with Crippen LogP contribution in [0.2, 0.25) is 5.02 Å². The van der Waals surface area contributed by atoms with Gasteiger partial charge >= 0.3 is 5.51 Å². The van der Waals surface area contributed by atoms with Gasteiger partial charge in [-0.05, 0) is 60.1 Å². The second kappa shape index (κ2) is 11.7. The number of fused-ring (bicyclic) bond motifs is 2. The standard InChI is InChI=1S/C28H27ClF3N7O3S/c1-2-21-24(37-10-8-33-9-11-37)26(41)39-27(35-25(36-39)17-3-6-22-16(13-17)7-12-42-22)38(21)15-23(40)34-20-5-4-18(14-19(20)29)43-28(30,31)32/h3-6,13-14,33H,2,7-12,15H2,1H3,(H,34,40). The van der Waals surface area contributed by atoms with Gasteiger partial charge in [0.05, 0.1) is 23.0 Å². The van der Waals surface area contributed by atoms with Crippen molar-refractivity contribution >= 4 is 46.4 Å². The Balaban J connectivity index is 1.40. The normalized spacial score (nSPS) is 15.0. The SMILES string of the molecule is CCc1c(N2CCNCC2)c(=O)n2nc(-c3ccc4c(c3)CCO4)nc2n1CC(=O)Nc1ccc(SC(F)(F)F)cc1Cl. The molecule has 4 heterocycles. The van der Waals surface area contributed by atoms with Gasteiger partial charge < -0.3 is 24.8 Å². The van der Waals surface area contributed by atoms with Crippen LogP contribution < -0.4 is 25.8 Å². The van der Waals surface area contributed by atoms with Crippen LogP contribution in [-0.4, -0.2) is 63.4 Å². The zero-order chi connectivity index (χ0) is 30.3. The predicted molar refractivity (Wildman–Crippen MR) is 158 cm³/mol. The number of ether oxygens (including phenoxy) is 1. The summed E-state index contributed by atoms with van der Waals surface area (Å²) in [5.41, 5.74) is -1.80. The molecule has 15 heteroatoms. The van der Waals surface area contributed by atoms with Crippen LogP contribution in [0.25, 0.3) is 17.2 Å². The Morgan fingerprint density at radius 2 is 1.98 bits per heavy atom. The van der Waals surface area contributed by atoms with E-state index in [2.05, 4.69) is 15.7 Å². The molecular formula is C28H27ClF3N7O3S. The van der Waals surface area contributed by atoms with Crippen LogP contribution in [0.15, 0.2) is 46.1 Å². The second-order valence-corrected chi connectivity index (χ2v) is 11.6. The van der Waals surface area contributed by atoms with Gasteiger partial charge in [-0.15, -0.1) is 5.10 Å². The third-order valence-electron chi connectivity index (χ3n) is 7.29. The molecule has 0 saturated carbocycles. The van der Waals surface area contributed by atoms with Crippen molar-refractivity contribution in [3.8, 4) is 17.1 Å². The first-order valence-corrected chi connectivity index (χ1v) is 14.9. The summed E-state index contributed by atoms with van der Waals surface area (Å²) in [5, 5.41) is 10.5. The Morgan fingerprint density at radius 3 is 2.70 bits per heavy atom. The Bertz CT molecular complexity index is 1770. The van der Waals surface area contributed by atoms with E-state index in [0.29, 0.717) is 62.0 Å². The number of carbonyl (C=O) groups is 1. The molecule has 0 atom stereocenters. The molecule has 1 fully saturated rings. The minimum Gasteiger partial charge on any atom is -0.493 e. The summed E-state index contributed by atoms with van der Waals surface area (Å²) >= 11 is 5.94. The number of nitrogens with zero attached hydrogens (tertiary/aromatic N) is 5. The van der Waals surface area contributed by atoms with Crippen LogP contribution in [0, 0.1) is 0 Å². The first kappa shape index (κ1) is 29.3. The molecule has 226 valence electrons. The molecule has 0 unspecified atom stereocenters. The lowest BCUT2D eigenvalue weighted by Gasteiger charge is -2.31. The number of alkyl halides is 3. The fraction of sp³-hybridized carbons (Fsp3) is 0.357. The van der Waals surface area contributed by atoms with Crippen LogP contribution in [0.3, 0.4) is 0 Å². The maximum Gasteiger partial charge on any atom is 0.446 e. The summed E-state index contributed by atoms with van der Waals surface area (Å²) in [6.07, 6.45) is 1.19. The van der Waals surface area contributed by atoms with E-state index >= 15 is 0 Å². The van der Waals surface area contributed by atoms with Crippen molar-refractivity contribution in [1.29, 1.82) is 0 Å². The molecule has 0 spiro atoms. The van der Waals surface area contributed by atoms with Crippen molar-refractivity contribution in [2.45, 2.75) is 36.7 Å². The van der Waals surface area contributed by atoms with E-state index in [1.165, 1.54) is 16.6 Å². The fourth-order valence-corrected chi connectivity index (χ4v) is 6.27. The molecule has 43 heavy (non-hydrogen) atoms. The first-order valence-electron chi connectivity index (χ1n) is 13.7. The number of anilines is 2. The molecule has 2 aliphatic heterocycles. The smallest absolute Gasteiger partial charge is 0.446 e. The highest BCUT2D eigenvalue weighted by atomic mass is 35.5. The zero-order valence-corrected chi connectivity index (χ0v) is 24.6. The molecule has 6 rings (SSSR count). The highest BCUT2D eigenvalue weighted by Crippen LogP contribution is 2.39. The largest absolute Gasteiger partial charge is 0.493 e. The molecule has 0 radical (unpaired) electrons. The fourth-order valence-electron chi connectivity index (χ4n) is 5.39. The minimum atomic E-state index is -4.47. The number of aromatic nitrogens is 4. The highest BCUT2D eigenvalue weighted by molar-refractivity contribution is 8.00. The molecule has 2 N–H and O–H groups in total. The van der Waals surface area contributed by atoms with Crippen molar-refractivity contribution < 1.29 is 22.7 Å². The average molecular weight is 634 g/mol. The predicted octanol–water partition coefficient (Wildman–Crippen LogP) is 4.37. The summed E-state index contributed by atoms with van der Waals surface area (Å²) < 4.78 is 46.9. The van der Waals surface area contributed by atoms with E-state index in [1.54, 1.807) is 4.57 Å². The summed E-state index contributed by atoms with van der Waals surface area (Å²) in [6, 6.07) is 9.35. The van der Waals surface area contributed by atoms with Gasteiger partial charge in [-0.1, -0.05) is 18.5 Å². The molecule has 10 nitrogen and oxygen atoms in total. The monoisotopic (exact) mass is 633 g/mol. The van der Waals surface area contributed by atoms with Gasteiger partial charge in [0, 0.05) is 43.1 Å². The van der Waals surface area contributed by atoms with Gasteiger partial charge in [0.1, 0.15) is 18.0 Å². The van der Waals surface area contributed by atoms with Crippen LogP contribution in [0.4, 0.5) is 24.5 Å². The minimum absolute atomic E-state index is 0.0322. The van der Waals surface area contributed by atoms with Gasteiger partial charge in [-0.25, -0.2) is 0 Å². The molecule has 1 saturated heterocycles. The Hall–Kier alpha value is -3.75. The molecule has 2 aromatic carbocycles. The number of hydrogen-bond donors (Lipinski definition) is 2. The van der Waals surface area contributed by atoms with Gasteiger partial charge in [-0.3, -0.25) is 9.59 Å². The lowest BCUT2D eigenvalue weighted by atomic mass is 10.1. The topological polar surface area (TPSA) is 106 Å². The summed E-state index contributed by atoms with van der Waals surface area (Å²) in [4.78, 5) is 33.9. The van der Waals surface area contributed by atoms with Crippen molar-refractivity contribution in [3.05, 3.63) is 63.0 Å². The van der Waals surface area contributed by atoms with Gasteiger partial charge in [0.2, 0.25) is 11.7 Å². The van der Waals surface area contributed by atoms with Crippen LogP contribution >= 0.6 is 23.4 Å². The number of thioether (sulfide) groups is 1. The molecule has 0 bridgehead atoms. The lowest BCUT2D eigenvalue weighted by Crippen LogP contribution is -2.47. The van der Waals surface area contributed by atoms with E-state index in [0.717, 1.165) is 23.8 Å². The van der Waals surface area contributed by atoms with Crippen LogP contribution in [0.1, 0.15) is 18.2 Å². The molecule has 2 aliphatic rings. The maximum absolute atomic E-state index is 13.9. The molecule has 0 aliphatic carbocycles.